The average Bonchev–Trinajstić information content (AvgIpc) is 3.13. The first-order valence-corrected chi connectivity index (χ1v) is 9.41. The predicted octanol–water partition coefficient (Wildman–Crippen LogP) is 1.44. The van der Waals surface area contributed by atoms with Crippen LogP contribution in [0, 0.1) is 0 Å². The Balaban J connectivity index is 1.21. The lowest BCUT2D eigenvalue weighted by molar-refractivity contribution is -0.122. The van der Waals surface area contributed by atoms with Crippen LogP contribution < -0.4 is 10.2 Å². The van der Waals surface area contributed by atoms with Gasteiger partial charge in [0.25, 0.3) is 0 Å². The van der Waals surface area contributed by atoms with Crippen molar-refractivity contribution >= 4 is 11.9 Å². The van der Waals surface area contributed by atoms with Gasteiger partial charge in [-0.2, -0.15) is 0 Å². The van der Waals surface area contributed by atoms with Gasteiger partial charge in [0.05, 0.1) is 5.92 Å². The summed E-state index contributed by atoms with van der Waals surface area (Å²) < 4.78 is 0. The summed E-state index contributed by atoms with van der Waals surface area (Å²) in [7, 11) is 0. The highest BCUT2D eigenvalue weighted by molar-refractivity contribution is 5.84. The maximum Gasteiger partial charge on any atom is 0.227 e. The molecule has 4 rings (SSSR count). The Morgan fingerprint density at radius 1 is 1.08 bits per heavy atom. The number of aromatic nitrogens is 2. The van der Waals surface area contributed by atoms with Crippen LogP contribution in [-0.2, 0) is 11.2 Å². The topological polar surface area (TPSA) is 61.4 Å². The molecule has 1 aliphatic heterocycles. The van der Waals surface area contributed by atoms with Crippen LogP contribution >= 0.6 is 0 Å². The summed E-state index contributed by atoms with van der Waals surface area (Å²) >= 11 is 0. The normalized spacial score (nSPS) is 20.0. The minimum Gasteiger partial charge on any atom is -0.354 e. The van der Waals surface area contributed by atoms with Gasteiger partial charge in [0, 0.05) is 51.7 Å². The Kier molecular flexibility index (Phi) is 5.11. The number of piperazine rings is 1. The van der Waals surface area contributed by atoms with Crippen molar-refractivity contribution in [3.63, 3.8) is 0 Å². The third-order valence-corrected chi connectivity index (χ3v) is 5.38. The number of fused-ring (bicyclic) bond motifs is 1. The number of rotatable bonds is 5. The molecule has 0 radical (unpaired) electrons. The van der Waals surface area contributed by atoms with Crippen molar-refractivity contribution in [3.05, 3.63) is 53.9 Å². The maximum atomic E-state index is 12.5. The van der Waals surface area contributed by atoms with Gasteiger partial charge >= 0.3 is 0 Å². The van der Waals surface area contributed by atoms with Gasteiger partial charge in [-0.3, -0.25) is 9.69 Å². The van der Waals surface area contributed by atoms with Crippen molar-refractivity contribution in [1.29, 1.82) is 0 Å². The lowest BCUT2D eigenvalue weighted by Gasteiger charge is -2.34. The second-order valence-electron chi connectivity index (χ2n) is 6.96. The first-order chi connectivity index (χ1) is 12.8. The maximum absolute atomic E-state index is 12.5. The zero-order valence-corrected chi connectivity index (χ0v) is 15.0. The fourth-order valence-corrected chi connectivity index (χ4v) is 3.92. The van der Waals surface area contributed by atoms with Crippen LogP contribution in [0.1, 0.15) is 23.5 Å². The second-order valence-corrected chi connectivity index (χ2v) is 6.96. The quantitative estimate of drug-likeness (QED) is 0.883. The minimum absolute atomic E-state index is 0.0262. The van der Waals surface area contributed by atoms with Crippen molar-refractivity contribution in [1.82, 2.24) is 20.2 Å². The summed E-state index contributed by atoms with van der Waals surface area (Å²) in [6.45, 7) is 5.39. The van der Waals surface area contributed by atoms with E-state index in [1.54, 1.807) is 12.4 Å². The summed E-state index contributed by atoms with van der Waals surface area (Å²) in [5.41, 5.74) is 2.54. The molecule has 1 aromatic heterocycles. The van der Waals surface area contributed by atoms with Crippen molar-refractivity contribution < 1.29 is 4.79 Å². The monoisotopic (exact) mass is 351 g/mol. The first kappa shape index (κ1) is 17.0. The minimum atomic E-state index is 0.0262. The molecule has 2 heterocycles. The second kappa shape index (κ2) is 7.83. The third kappa shape index (κ3) is 3.70. The molecule has 6 nitrogen and oxygen atoms in total. The molecule has 136 valence electrons. The van der Waals surface area contributed by atoms with Crippen LogP contribution in [0.3, 0.4) is 0 Å². The molecule has 6 heteroatoms. The molecule has 26 heavy (non-hydrogen) atoms. The Hall–Kier alpha value is -2.47. The SMILES string of the molecule is O=C(NCCN1CCN(c2ncccn2)CC1)[C@H]1CCc2ccccc21. The van der Waals surface area contributed by atoms with Gasteiger partial charge in [-0.15, -0.1) is 0 Å². The van der Waals surface area contributed by atoms with Crippen molar-refractivity contribution in [2.75, 3.05) is 44.2 Å². The molecule has 1 amide bonds. The van der Waals surface area contributed by atoms with E-state index >= 15 is 0 Å². The highest BCUT2D eigenvalue weighted by Crippen LogP contribution is 2.32. The standard InChI is InChI=1S/C20H25N5O/c26-19(18-7-6-16-4-1-2-5-17(16)18)21-10-11-24-12-14-25(15-13-24)20-22-8-3-9-23-20/h1-5,8-9,18H,6-7,10-15H2,(H,21,26)/t18-/m0/s1. The number of anilines is 1. The van der Waals surface area contributed by atoms with Crippen molar-refractivity contribution in [3.8, 4) is 0 Å². The zero-order valence-electron chi connectivity index (χ0n) is 15.0. The van der Waals surface area contributed by atoms with E-state index in [9.17, 15) is 4.79 Å². The Labute approximate surface area is 154 Å². The van der Waals surface area contributed by atoms with Crippen LogP contribution in [0.4, 0.5) is 5.95 Å². The smallest absolute Gasteiger partial charge is 0.227 e. The summed E-state index contributed by atoms with van der Waals surface area (Å²) in [6, 6.07) is 10.2. The van der Waals surface area contributed by atoms with E-state index in [-0.39, 0.29) is 11.8 Å². The summed E-state index contributed by atoms with van der Waals surface area (Å²) in [6.07, 6.45) is 5.51. The van der Waals surface area contributed by atoms with Crippen molar-refractivity contribution in [2.24, 2.45) is 0 Å². The molecule has 1 N–H and O–H groups in total. The number of benzene rings is 1. The first-order valence-electron chi connectivity index (χ1n) is 9.41. The number of carbonyl (C=O) groups is 1. The Morgan fingerprint density at radius 2 is 1.85 bits per heavy atom. The van der Waals surface area contributed by atoms with E-state index in [1.165, 1.54) is 11.1 Å². The fraction of sp³-hybridized carbons (Fsp3) is 0.450. The van der Waals surface area contributed by atoms with Crippen LogP contribution in [0.15, 0.2) is 42.7 Å². The van der Waals surface area contributed by atoms with Gasteiger partial charge in [-0.25, -0.2) is 9.97 Å². The average molecular weight is 351 g/mol. The van der Waals surface area contributed by atoms with Gasteiger partial charge in [0.1, 0.15) is 0 Å². The molecular formula is C20H25N5O. The van der Waals surface area contributed by atoms with Crippen LogP contribution in [0.2, 0.25) is 0 Å². The lowest BCUT2D eigenvalue weighted by atomic mass is 10.0. The van der Waals surface area contributed by atoms with E-state index < -0.39 is 0 Å². The number of carbonyl (C=O) groups excluding carboxylic acids is 1. The molecule has 1 aliphatic carbocycles. The number of aryl methyl sites for hydroxylation is 1. The molecule has 1 saturated heterocycles. The Morgan fingerprint density at radius 3 is 2.65 bits per heavy atom. The van der Waals surface area contributed by atoms with Gasteiger partial charge in [0.2, 0.25) is 11.9 Å². The molecule has 1 fully saturated rings. The molecule has 0 saturated carbocycles. The van der Waals surface area contributed by atoms with E-state index in [2.05, 4.69) is 43.3 Å². The third-order valence-electron chi connectivity index (χ3n) is 5.38. The molecule has 0 bridgehead atoms. The summed E-state index contributed by atoms with van der Waals surface area (Å²) in [5.74, 6) is 1.00. The zero-order chi connectivity index (χ0) is 17.8. The van der Waals surface area contributed by atoms with Gasteiger partial charge < -0.3 is 10.2 Å². The van der Waals surface area contributed by atoms with E-state index in [0.29, 0.717) is 6.54 Å². The fourth-order valence-electron chi connectivity index (χ4n) is 3.92. The number of amides is 1. The molecule has 1 atom stereocenters. The molecule has 2 aromatic rings. The highest BCUT2D eigenvalue weighted by Gasteiger charge is 2.28. The summed E-state index contributed by atoms with van der Waals surface area (Å²) in [5, 5.41) is 3.14. The highest BCUT2D eigenvalue weighted by atomic mass is 16.1. The number of hydrogen-bond donors (Lipinski definition) is 1. The lowest BCUT2D eigenvalue weighted by Crippen LogP contribution is -2.49. The van der Waals surface area contributed by atoms with Gasteiger partial charge in [-0.05, 0) is 30.0 Å². The number of nitrogens with one attached hydrogen (secondary N) is 1. The molecular weight excluding hydrogens is 326 g/mol. The molecule has 2 aliphatic rings. The van der Waals surface area contributed by atoms with Gasteiger partial charge in [-0.1, -0.05) is 24.3 Å². The van der Waals surface area contributed by atoms with Crippen LogP contribution in [0.5, 0.6) is 0 Å². The summed E-state index contributed by atoms with van der Waals surface area (Å²) in [4.78, 5) is 25.8. The van der Waals surface area contributed by atoms with Crippen LogP contribution in [-0.4, -0.2) is 60.0 Å². The molecule has 1 aromatic carbocycles. The largest absolute Gasteiger partial charge is 0.354 e. The van der Waals surface area contributed by atoms with Crippen LogP contribution in [0.25, 0.3) is 0 Å². The molecule has 0 unspecified atom stereocenters. The number of hydrogen-bond acceptors (Lipinski definition) is 5. The van der Waals surface area contributed by atoms with Gasteiger partial charge in [0.15, 0.2) is 0 Å². The van der Waals surface area contributed by atoms with E-state index in [1.807, 2.05) is 12.1 Å². The predicted molar refractivity (Wildman–Crippen MR) is 101 cm³/mol. The Bertz CT molecular complexity index is 743. The van der Waals surface area contributed by atoms with E-state index in [4.69, 9.17) is 0 Å². The van der Waals surface area contributed by atoms with Crippen molar-refractivity contribution in [2.45, 2.75) is 18.8 Å². The van der Waals surface area contributed by atoms with E-state index in [0.717, 1.165) is 51.5 Å². The number of nitrogens with zero attached hydrogens (tertiary/aromatic N) is 4. The molecule has 0 spiro atoms.